The van der Waals surface area contributed by atoms with Crippen molar-refractivity contribution in [3.63, 3.8) is 0 Å². The maximum absolute atomic E-state index is 6.65. The van der Waals surface area contributed by atoms with E-state index in [9.17, 15) is 0 Å². The van der Waals surface area contributed by atoms with Gasteiger partial charge in [-0.1, -0.05) is 109 Å². The fraction of sp³-hybridized carbons (Fsp3) is 0. The van der Waals surface area contributed by atoms with Gasteiger partial charge in [-0.25, -0.2) is 15.0 Å². The molecule has 238 valence electrons. The van der Waals surface area contributed by atoms with Crippen molar-refractivity contribution in [2.75, 3.05) is 0 Å². The lowest BCUT2D eigenvalue weighted by atomic mass is 10.0. The largest absolute Gasteiger partial charge is 0.456 e. The molecular formula is C45H26N4OS. The van der Waals surface area contributed by atoms with E-state index in [0.29, 0.717) is 17.5 Å². The number of hydrogen-bond donors (Lipinski definition) is 0. The summed E-state index contributed by atoms with van der Waals surface area (Å²) in [5.74, 6) is 1.88. The minimum absolute atomic E-state index is 0.607. The van der Waals surface area contributed by atoms with Gasteiger partial charge in [0.25, 0.3) is 0 Å². The normalized spacial score (nSPS) is 11.9. The zero-order valence-electron chi connectivity index (χ0n) is 27.1. The summed E-state index contributed by atoms with van der Waals surface area (Å²) in [4.78, 5) is 15.6. The molecule has 0 saturated carbocycles. The van der Waals surface area contributed by atoms with Crippen LogP contribution < -0.4 is 0 Å². The van der Waals surface area contributed by atoms with E-state index in [1.165, 1.54) is 25.6 Å². The predicted octanol–water partition coefficient (Wildman–Crippen LogP) is 12.2. The van der Waals surface area contributed by atoms with Gasteiger partial charge >= 0.3 is 0 Å². The van der Waals surface area contributed by atoms with Crippen LogP contribution in [-0.2, 0) is 0 Å². The Morgan fingerprint density at radius 1 is 0.431 bits per heavy atom. The summed E-state index contributed by atoms with van der Waals surface area (Å²) in [6.07, 6.45) is 0. The molecule has 0 N–H and O–H groups in total. The van der Waals surface area contributed by atoms with Gasteiger partial charge in [-0.2, -0.15) is 0 Å². The second kappa shape index (κ2) is 10.9. The number of nitrogens with zero attached hydrogens (tertiary/aromatic N) is 4. The Morgan fingerprint density at radius 3 is 1.90 bits per heavy atom. The van der Waals surface area contributed by atoms with Gasteiger partial charge < -0.3 is 8.98 Å². The van der Waals surface area contributed by atoms with Gasteiger partial charge in [-0.15, -0.1) is 11.3 Å². The standard InChI is InChI=1S/C45H26N4OS/c1-3-13-27(14-4-1)43-46-44(48-45(47-43)32-20-12-24-40-42(32)30-18-8-10-23-39(30)51-40)31-19-11-22-37-41(31)34-25-33-29-17-7-9-21-35(29)49(28-15-5-2-6-16-28)36(33)26-38(34)50-37/h1-26H. The van der Waals surface area contributed by atoms with Crippen LogP contribution >= 0.6 is 11.3 Å². The molecule has 0 aliphatic heterocycles. The molecule has 7 aromatic carbocycles. The molecular weight excluding hydrogens is 645 g/mol. The molecule has 0 radical (unpaired) electrons. The Bertz CT molecular complexity index is 3140. The Labute approximate surface area is 295 Å². The van der Waals surface area contributed by atoms with Crippen LogP contribution in [0.4, 0.5) is 0 Å². The molecule has 0 bridgehead atoms. The van der Waals surface area contributed by atoms with Gasteiger partial charge in [0.2, 0.25) is 0 Å². The highest BCUT2D eigenvalue weighted by Crippen LogP contribution is 2.43. The van der Waals surface area contributed by atoms with Crippen LogP contribution in [0, 0.1) is 0 Å². The third-order valence-electron chi connectivity index (χ3n) is 9.86. The number of hydrogen-bond acceptors (Lipinski definition) is 5. The molecule has 0 aliphatic rings. The van der Waals surface area contributed by atoms with E-state index in [4.69, 9.17) is 19.4 Å². The van der Waals surface area contributed by atoms with E-state index < -0.39 is 0 Å². The molecule has 0 aliphatic carbocycles. The van der Waals surface area contributed by atoms with Crippen LogP contribution in [0.1, 0.15) is 0 Å². The van der Waals surface area contributed by atoms with Crippen LogP contribution in [0.2, 0.25) is 0 Å². The topological polar surface area (TPSA) is 56.7 Å². The Hall–Kier alpha value is -6.63. The molecule has 4 aromatic heterocycles. The number of benzene rings is 7. The van der Waals surface area contributed by atoms with Crippen LogP contribution in [0.3, 0.4) is 0 Å². The van der Waals surface area contributed by atoms with Crippen LogP contribution in [0.15, 0.2) is 162 Å². The van der Waals surface area contributed by atoms with Gasteiger partial charge in [0.05, 0.1) is 11.0 Å². The molecule has 0 unspecified atom stereocenters. The molecule has 5 nitrogen and oxygen atoms in total. The SMILES string of the molecule is c1ccc(-c2nc(-c3cccc4oc5cc6c(cc5c34)c3ccccc3n6-c3ccccc3)nc(-c3cccc4sc5ccccc5c34)n2)cc1. The van der Waals surface area contributed by atoms with Crippen LogP contribution in [-0.4, -0.2) is 19.5 Å². The van der Waals surface area contributed by atoms with Crippen LogP contribution in [0.25, 0.3) is 104 Å². The van der Waals surface area contributed by atoms with Gasteiger partial charge in [0, 0.05) is 70.2 Å². The summed E-state index contributed by atoms with van der Waals surface area (Å²) < 4.78 is 11.4. The van der Waals surface area contributed by atoms with Crippen molar-refractivity contribution >= 4 is 75.3 Å². The molecule has 0 amide bonds. The van der Waals surface area contributed by atoms with Crippen molar-refractivity contribution in [3.8, 4) is 39.9 Å². The number of thiophene rings is 1. The highest BCUT2D eigenvalue weighted by Gasteiger charge is 2.21. The zero-order valence-corrected chi connectivity index (χ0v) is 27.9. The molecule has 11 aromatic rings. The molecule has 11 rings (SSSR count). The summed E-state index contributed by atoms with van der Waals surface area (Å²) in [7, 11) is 0. The molecule has 6 heteroatoms. The monoisotopic (exact) mass is 670 g/mol. The van der Waals surface area contributed by atoms with Crippen molar-refractivity contribution in [2.24, 2.45) is 0 Å². The lowest BCUT2D eigenvalue weighted by Gasteiger charge is -2.10. The predicted molar refractivity (Wildman–Crippen MR) is 211 cm³/mol. The number of rotatable bonds is 4. The maximum atomic E-state index is 6.65. The average Bonchev–Trinajstić information content (AvgIpc) is 3.86. The minimum Gasteiger partial charge on any atom is -0.456 e. The lowest BCUT2D eigenvalue weighted by molar-refractivity contribution is 0.669. The number of aromatic nitrogens is 4. The Morgan fingerprint density at radius 2 is 1.08 bits per heavy atom. The van der Waals surface area contributed by atoms with E-state index in [-0.39, 0.29) is 0 Å². The lowest BCUT2D eigenvalue weighted by Crippen LogP contribution is -2.00. The van der Waals surface area contributed by atoms with Crippen molar-refractivity contribution in [1.29, 1.82) is 0 Å². The van der Waals surface area contributed by atoms with E-state index in [2.05, 4.69) is 132 Å². The van der Waals surface area contributed by atoms with Crippen molar-refractivity contribution < 1.29 is 4.42 Å². The maximum Gasteiger partial charge on any atom is 0.164 e. The second-order valence-corrected chi connectivity index (χ2v) is 13.9. The first-order valence-electron chi connectivity index (χ1n) is 16.9. The van der Waals surface area contributed by atoms with E-state index >= 15 is 0 Å². The first-order chi connectivity index (χ1) is 25.3. The number of fused-ring (bicyclic) bond motifs is 9. The van der Waals surface area contributed by atoms with E-state index in [1.807, 2.05) is 30.3 Å². The number of para-hydroxylation sites is 2. The van der Waals surface area contributed by atoms with Gasteiger partial charge in [-0.3, -0.25) is 0 Å². The summed E-state index contributed by atoms with van der Waals surface area (Å²) >= 11 is 1.79. The molecule has 4 heterocycles. The Kier molecular flexibility index (Phi) is 6.05. The number of furan rings is 1. The van der Waals surface area contributed by atoms with Crippen molar-refractivity contribution in [2.45, 2.75) is 0 Å². The highest BCUT2D eigenvalue weighted by molar-refractivity contribution is 7.25. The fourth-order valence-electron chi connectivity index (χ4n) is 7.62. The molecule has 0 fully saturated rings. The first kappa shape index (κ1) is 28.2. The molecule has 0 saturated heterocycles. The summed E-state index contributed by atoms with van der Waals surface area (Å²) in [6.45, 7) is 0. The highest BCUT2D eigenvalue weighted by atomic mass is 32.1. The molecule has 51 heavy (non-hydrogen) atoms. The first-order valence-corrected chi connectivity index (χ1v) is 17.8. The second-order valence-electron chi connectivity index (χ2n) is 12.8. The average molecular weight is 671 g/mol. The zero-order chi connectivity index (χ0) is 33.5. The molecule has 0 atom stereocenters. The minimum atomic E-state index is 0.607. The van der Waals surface area contributed by atoms with Gasteiger partial charge in [0.1, 0.15) is 11.2 Å². The summed E-state index contributed by atoms with van der Waals surface area (Å²) in [5.41, 5.74) is 7.80. The third-order valence-corrected chi connectivity index (χ3v) is 11.0. The van der Waals surface area contributed by atoms with Crippen LogP contribution in [0.5, 0.6) is 0 Å². The third kappa shape index (κ3) is 4.30. The van der Waals surface area contributed by atoms with Crippen molar-refractivity contribution in [3.05, 3.63) is 158 Å². The fourth-order valence-corrected chi connectivity index (χ4v) is 8.76. The Balaban J connectivity index is 1.20. The van der Waals surface area contributed by atoms with Crippen molar-refractivity contribution in [1.82, 2.24) is 19.5 Å². The van der Waals surface area contributed by atoms with E-state index in [0.717, 1.165) is 60.7 Å². The molecule has 0 spiro atoms. The van der Waals surface area contributed by atoms with Gasteiger partial charge in [0.15, 0.2) is 17.5 Å². The van der Waals surface area contributed by atoms with Gasteiger partial charge in [-0.05, 0) is 42.5 Å². The van der Waals surface area contributed by atoms with E-state index in [1.54, 1.807) is 11.3 Å². The summed E-state index contributed by atoms with van der Waals surface area (Å²) in [5, 5.41) is 6.74. The quantitative estimate of drug-likeness (QED) is 0.187. The smallest absolute Gasteiger partial charge is 0.164 e. The summed E-state index contributed by atoms with van der Waals surface area (Å²) in [6, 6.07) is 54.8.